The Labute approximate surface area is 142 Å². The summed E-state index contributed by atoms with van der Waals surface area (Å²) in [6.45, 7) is 2.49. The number of nitro groups is 1. The first-order valence-corrected chi connectivity index (χ1v) is 6.88. The van der Waals surface area contributed by atoms with Crippen molar-refractivity contribution in [3.8, 4) is 0 Å². The van der Waals surface area contributed by atoms with Crippen LogP contribution in [0.1, 0.15) is 6.92 Å². The standard InChI is InChI=1S/C14H23N4O4.ClH/c1-11(15)16(14(19)22-9-8-18(2,3)4)12-6-5-7-13(10-12)17(20)21;/h5-7,10-11H,8-9,15H2,1-4H3;1H/q+1;/p-1. The van der Waals surface area contributed by atoms with E-state index in [1.54, 1.807) is 13.0 Å². The SMILES string of the molecule is CC(N)N(C(=O)OCC[N+](C)(C)C)c1cccc([N+](=O)[O-])c1.[Cl-]. The molecule has 2 N–H and O–H groups in total. The summed E-state index contributed by atoms with van der Waals surface area (Å²) in [5.74, 6) is 0. The third kappa shape index (κ3) is 6.81. The maximum atomic E-state index is 12.2. The predicted molar refractivity (Wildman–Crippen MR) is 83.5 cm³/mol. The van der Waals surface area contributed by atoms with Crippen LogP contribution in [0.25, 0.3) is 0 Å². The lowest BCUT2D eigenvalue weighted by atomic mass is 10.2. The Hall–Kier alpha value is -1.90. The van der Waals surface area contributed by atoms with Crippen molar-refractivity contribution in [1.82, 2.24) is 0 Å². The molecule has 9 heteroatoms. The van der Waals surface area contributed by atoms with Crippen molar-refractivity contribution in [3.63, 3.8) is 0 Å². The van der Waals surface area contributed by atoms with Gasteiger partial charge >= 0.3 is 6.09 Å². The van der Waals surface area contributed by atoms with Crippen molar-refractivity contribution in [3.05, 3.63) is 34.4 Å². The second-order valence-corrected chi connectivity index (χ2v) is 6.02. The highest BCUT2D eigenvalue weighted by molar-refractivity contribution is 5.88. The molecule has 1 aromatic carbocycles. The van der Waals surface area contributed by atoms with Gasteiger partial charge in [0.15, 0.2) is 0 Å². The molecule has 0 aliphatic carbocycles. The first-order chi connectivity index (χ1) is 10.1. The van der Waals surface area contributed by atoms with Gasteiger partial charge in [-0.25, -0.2) is 4.79 Å². The number of amides is 1. The number of benzene rings is 1. The van der Waals surface area contributed by atoms with Crippen LogP contribution in [-0.4, -0.2) is 56.0 Å². The minimum atomic E-state index is -0.668. The molecule has 0 bridgehead atoms. The Kier molecular flexibility index (Phi) is 7.94. The minimum Gasteiger partial charge on any atom is -1.00 e. The molecule has 8 nitrogen and oxygen atoms in total. The summed E-state index contributed by atoms with van der Waals surface area (Å²) in [6.07, 6.45) is -1.29. The molecule has 23 heavy (non-hydrogen) atoms. The highest BCUT2D eigenvalue weighted by Gasteiger charge is 2.23. The van der Waals surface area contributed by atoms with E-state index in [2.05, 4.69) is 0 Å². The van der Waals surface area contributed by atoms with Gasteiger partial charge in [-0.15, -0.1) is 0 Å². The van der Waals surface area contributed by atoms with E-state index in [-0.39, 0.29) is 24.7 Å². The third-order valence-corrected chi connectivity index (χ3v) is 2.91. The number of carbonyl (C=O) groups excluding carboxylic acids is 1. The first kappa shape index (κ1) is 21.1. The summed E-state index contributed by atoms with van der Waals surface area (Å²) < 4.78 is 5.87. The van der Waals surface area contributed by atoms with Crippen LogP contribution < -0.4 is 23.0 Å². The molecule has 130 valence electrons. The zero-order valence-electron chi connectivity index (χ0n) is 13.7. The first-order valence-electron chi connectivity index (χ1n) is 6.88. The molecule has 0 aliphatic rings. The van der Waals surface area contributed by atoms with E-state index >= 15 is 0 Å². The summed E-state index contributed by atoms with van der Waals surface area (Å²) >= 11 is 0. The van der Waals surface area contributed by atoms with E-state index in [0.29, 0.717) is 16.7 Å². The average Bonchev–Trinajstić information content (AvgIpc) is 2.37. The highest BCUT2D eigenvalue weighted by atomic mass is 35.5. The molecule has 1 atom stereocenters. The summed E-state index contributed by atoms with van der Waals surface area (Å²) in [5.41, 5.74) is 6.03. The van der Waals surface area contributed by atoms with Crippen LogP contribution in [-0.2, 0) is 4.74 Å². The number of ether oxygens (including phenoxy) is 1. The van der Waals surface area contributed by atoms with Crippen molar-refractivity contribution in [2.75, 3.05) is 39.2 Å². The van der Waals surface area contributed by atoms with Gasteiger partial charge in [-0.05, 0) is 13.0 Å². The molecule has 0 aliphatic heterocycles. The maximum absolute atomic E-state index is 12.2. The number of hydrogen-bond acceptors (Lipinski definition) is 5. The number of nitrogens with zero attached hydrogens (tertiary/aromatic N) is 3. The molecule has 0 aromatic heterocycles. The number of quaternary nitrogens is 1. The van der Waals surface area contributed by atoms with Gasteiger partial charge < -0.3 is 27.4 Å². The van der Waals surface area contributed by atoms with E-state index in [0.717, 1.165) is 0 Å². The van der Waals surface area contributed by atoms with Gasteiger partial charge in [-0.1, -0.05) is 6.07 Å². The summed E-state index contributed by atoms with van der Waals surface area (Å²) in [7, 11) is 5.95. The molecular formula is C14H23ClN4O4. The average molecular weight is 347 g/mol. The lowest BCUT2D eigenvalue weighted by molar-refractivity contribution is -0.870. The number of halogens is 1. The molecule has 1 rings (SSSR count). The largest absolute Gasteiger partial charge is 1.00 e. The number of non-ortho nitro benzene ring substituents is 1. The normalized spacial score (nSPS) is 12.0. The zero-order chi connectivity index (χ0) is 16.9. The third-order valence-electron chi connectivity index (χ3n) is 2.91. The quantitative estimate of drug-likeness (QED) is 0.294. The Morgan fingerprint density at radius 3 is 2.52 bits per heavy atom. The lowest BCUT2D eigenvalue weighted by Gasteiger charge is -2.27. The van der Waals surface area contributed by atoms with Crippen molar-refractivity contribution < 1.29 is 31.3 Å². The van der Waals surface area contributed by atoms with E-state index in [1.807, 2.05) is 21.1 Å². The van der Waals surface area contributed by atoms with Crippen LogP contribution in [0.2, 0.25) is 0 Å². The van der Waals surface area contributed by atoms with Crippen molar-refractivity contribution in [2.45, 2.75) is 13.1 Å². The van der Waals surface area contributed by atoms with Gasteiger partial charge in [0.05, 0.1) is 37.9 Å². The second kappa shape index (κ2) is 8.66. The lowest BCUT2D eigenvalue weighted by Crippen LogP contribution is -3.00. The van der Waals surface area contributed by atoms with Gasteiger partial charge in [0.1, 0.15) is 13.2 Å². The van der Waals surface area contributed by atoms with E-state index in [4.69, 9.17) is 10.5 Å². The fraction of sp³-hybridized carbons (Fsp3) is 0.500. The molecule has 1 unspecified atom stereocenters. The predicted octanol–water partition coefficient (Wildman–Crippen LogP) is -1.45. The molecule has 0 saturated heterocycles. The highest BCUT2D eigenvalue weighted by Crippen LogP contribution is 2.22. The van der Waals surface area contributed by atoms with Crippen molar-refractivity contribution in [1.29, 1.82) is 0 Å². The maximum Gasteiger partial charge on any atom is 0.415 e. The van der Waals surface area contributed by atoms with Crippen LogP contribution in [0.3, 0.4) is 0 Å². The minimum absolute atomic E-state index is 0. The van der Waals surface area contributed by atoms with Crippen molar-refractivity contribution >= 4 is 17.5 Å². The molecular weight excluding hydrogens is 324 g/mol. The topological polar surface area (TPSA) is 98.7 Å². The van der Waals surface area contributed by atoms with Gasteiger partial charge in [0.25, 0.3) is 5.69 Å². The fourth-order valence-electron chi connectivity index (χ4n) is 1.74. The molecule has 0 heterocycles. The number of nitro benzene ring substituents is 1. The molecule has 1 aromatic rings. The summed E-state index contributed by atoms with van der Waals surface area (Å²) in [5, 5.41) is 10.8. The Morgan fingerprint density at radius 2 is 2.04 bits per heavy atom. The fourth-order valence-corrected chi connectivity index (χ4v) is 1.74. The van der Waals surface area contributed by atoms with Crippen LogP contribution in [0, 0.1) is 10.1 Å². The second-order valence-electron chi connectivity index (χ2n) is 6.02. The molecule has 0 saturated carbocycles. The Bertz CT molecular complexity index is 546. The van der Waals surface area contributed by atoms with Crippen LogP contribution in [0.4, 0.5) is 16.2 Å². The molecule has 0 fully saturated rings. The Balaban J connectivity index is 0.00000484. The van der Waals surface area contributed by atoms with E-state index in [1.165, 1.54) is 23.1 Å². The van der Waals surface area contributed by atoms with E-state index in [9.17, 15) is 14.9 Å². The van der Waals surface area contributed by atoms with Crippen molar-refractivity contribution in [2.24, 2.45) is 5.73 Å². The number of nitrogens with two attached hydrogens (primary N) is 1. The smallest absolute Gasteiger partial charge is 0.415 e. The molecule has 0 radical (unpaired) electrons. The number of likely N-dealkylation sites (N-methyl/N-ethyl adjacent to an activating group) is 1. The van der Waals surface area contributed by atoms with Crippen LogP contribution >= 0.6 is 0 Å². The molecule has 1 amide bonds. The van der Waals surface area contributed by atoms with E-state index < -0.39 is 17.2 Å². The zero-order valence-corrected chi connectivity index (χ0v) is 14.5. The summed E-state index contributed by atoms with van der Waals surface area (Å²) in [6, 6.07) is 5.73. The Morgan fingerprint density at radius 1 is 1.43 bits per heavy atom. The number of carbonyl (C=O) groups is 1. The number of hydrogen-bond donors (Lipinski definition) is 1. The molecule has 0 spiro atoms. The number of rotatable bonds is 6. The van der Waals surface area contributed by atoms with Crippen LogP contribution in [0.15, 0.2) is 24.3 Å². The van der Waals surface area contributed by atoms with Crippen LogP contribution in [0.5, 0.6) is 0 Å². The van der Waals surface area contributed by atoms with Gasteiger partial charge in [0, 0.05) is 12.1 Å². The monoisotopic (exact) mass is 346 g/mol. The van der Waals surface area contributed by atoms with Gasteiger partial charge in [-0.3, -0.25) is 15.0 Å². The van der Waals surface area contributed by atoms with Gasteiger partial charge in [-0.2, -0.15) is 0 Å². The number of anilines is 1. The summed E-state index contributed by atoms with van der Waals surface area (Å²) in [4.78, 5) is 23.7. The van der Waals surface area contributed by atoms with Gasteiger partial charge in [0.2, 0.25) is 0 Å².